The molecule has 0 aliphatic carbocycles. The summed E-state index contributed by atoms with van der Waals surface area (Å²) in [4.78, 5) is 0. The van der Waals surface area contributed by atoms with Crippen molar-refractivity contribution in [2.24, 2.45) is 0 Å². The van der Waals surface area contributed by atoms with Gasteiger partial charge in [-0.05, 0) is 50.4 Å². The first-order valence-electron chi connectivity index (χ1n) is 7.87. The molecule has 1 aromatic rings. The van der Waals surface area contributed by atoms with Crippen LogP contribution in [0.15, 0.2) is 24.3 Å². The van der Waals surface area contributed by atoms with Crippen LogP contribution in [0.3, 0.4) is 0 Å². The molecule has 3 heteroatoms. The molecule has 20 heavy (non-hydrogen) atoms. The highest BCUT2D eigenvalue weighted by Crippen LogP contribution is 2.14. The standard InChI is InChI=1S/C17H28N2O/c1-14(11-16-8-4-3-5-10-18-16)19-13-15-7-6-9-17(12-15)20-2/h6-7,9,12,14,16,18-19H,3-5,8,10-11,13H2,1-2H3. The molecular formula is C17H28N2O. The first-order chi connectivity index (χ1) is 9.78. The summed E-state index contributed by atoms with van der Waals surface area (Å²) in [5.41, 5.74) is 1.28. The van der Waals surface area contributed by atoms with E-state index in [1.165, 1.54) is 44.2 Å². The van der Waals surface area contributed by atoms with Gasteiger partial charge in [-0.1, -0.05) is 25.0 Å². The van der Waals surface area contributed by atoms with E-state index in [-0.39, 0.29) is 0 Å². The van der Waals surface area contributed by atoms with Gasteiger partial charge in [-0.25, -0.2) is 0 Å². The van der Waals surface area contributed by atoms with Gasteiger partial charge in [0.05, 0.1) is 7.11 Å². The quantitative estimate of drug-likeness (QED) is 0.837. The molecule has 3 nitrogen and oxygen atoms in total. The van der Waals surface area contributed by atoms with Gasteiger partial charge < -0.3 is 15.4 Å². The largest absolute Gasteiger partial charge is 0.497 e. The van der Waals surface area contributed by atoms with Crippen molar-refractivity contribution >= 4 is 0 Å². The first-order valence-corrected chi connectivity index (χ1v) is 7.87. The number of methoxy groups -OCH3 is 1. The zero-order valence-electron chi connectivity index (χ0n) is 12.8. The smallest absolute Gasteiger partial charge is 0.119 e. The second kappa shape index (κ2) is 8.28. The van der Waals surface area contributed by atoms with Crippen LogP contribution in [-0.4, -0.2) is 25.7 Å². The zero-order chi connectivity index (χ0) is 14.2. The Labute approximate surface area is 123 Å². The molecular weight excluding hydrogens is 248 g/mol. The number of rotatable bonds is 6. The van der Waals surface area contributed by atoms with Crippen molar-refractivity contribution in [1.29, 1.82) is 0 Å². The van der Waals surface area contributed by atoms with Gasteiger partial charge in [0.25, 0.3) is 0 Å². The molecule has 112 valence electrons. The highest BCUT2D eigenvalue weighted by molar-refractivity contribution is 5.28. The summed E-state index contributed by atoms with van der Waals surface area (Å²) >= 11 is 0. The third-order valence-electron chi connectivity index (χ3n) is 4.09. The maximum absolute atomic E-state index is 5.26. The summed E-state index contributed by atoms with van der Waals surface area (Å²) in [6.07, 6.45) is 6.63. The van der Waals surface area contributed by atoms with E-state index in [1.807, 2.05) is 12.1 Å². The van der Waals surface area contributed by atoms with Gasteiger partial charge in [0.1, 0.15) is 5.75 Å². The van der Waals surface area contributed by atoms with Gasteiger partial charge in [0.2, 0.25) is 0 Å². The average Bonchev–Trinajstić information content (AvgIpc) is 2.74. The third-order valence-corrected chi connectivity index (χ3v) is 4.09. The number of hydrogen-bond acceptors (Lipinski definition) is 3. The summed E-state index contributed by atoms with van der Waals surface area (Å²) in [7, 11) is 1.72. The fraction of sp³-hybridized carbons (Fsp3) is 0.647. The van der Waals surface area contributed by atoms with Crippen LogP contribution >= 0.6 is 0 Å². The minimum atomic E-state index is 0.539. The lowest BCUT2D eigenvalue weighted by molar-refractivity contribution is 0.400. The highest BCUT2D eigenvalue weighted by Gasteiger charge is 2.14. The molecule has 2 unspecified atom stereocenters. The Morgan fingerprint density at radius 3 is 3.10 bits per heavy atom. The molecule has 0 amide bonds. The Morgan fingerprint density at radius 1 is 1.35 bits per heavy atom. The summed E-state index contributed by atoms with van der Waals surface area (Å²) < 4.78 is 5.26. The van der Waals surface area contributed by atoms with E-state index in [2.05, 4.69) is 29.7 Å². The Balaban J connectivity index is 1.74. The Bertz CT molecular complexity index is 386. The van der Waals surface area contributed by atoms with Crippen LogP contribution in [0.2, 0.25) is 0 Å². The van der Waals surface area contributed by atoms with Crippen molar-refractivity contribution in [2.75, 3.05) is 13.7 Å². The van der Waals surface area contributed by atoms with Gasteiger partial charge in [0.15, 0.2) is 0 Å². The third kappa shape index (κ3) is 5.14. The Morgan fingerprint density at radius 2 is 2.25 bits per heavy atom. The van der Waals surface area contributed by atoms with Crippen LogP contribution in [-0.2, 0) is 6.54 Å². The van der Waals surface area contributed by atoms with Gasteiger partial charge in [-0.15, -0.1) is 0 Å². The van der Waals surface area contributed by atoms with Crippen LogP contribution in [0.5, 0.6) is 5.75 Å². The second-order valence-corrected chi connectivity index (χ2v) is 5.87. The fourth-order valence-corrected chi connectivity index (χ4v) is 2.89. The summed E-state index contributed by atoms with van der Waals surface area (Å²) in [5, 5.41) is 7.29. The first kappa shape index (κ1) is 15.3. The van der Waals surface area contributed by atoms with Crippen LogP contribution in [0, 0.1) is 0 Å². The van der Waals surface area contributed by atoms with E-state index >= 15 is 0 Å². The molecule has 1 aromatic carbocycles. The van der Waals surface area contributed by atoms with E-state index in [0.717, 1.165) is 12.3 Å². The highest BCUT2D eigenvalue weighted by atomic mass is 16.5. The predicted molar refractivity (Wildman–Crippen MR) is 84.2 cm³/mol. The van der Waals surface area contributed by atoms with E-state index in [4.69, 9.17) is 4.74 Å². The van der Waals surface area contributed by atoms with Gasteiger partial charge in [-0.3, -0.25) is 0 Å². The number of nitrogens with one attached hydrogen (secondary N) is 2. The molecule has 1 aliphatic rings. The molecule has 2 atom stereocenters. The number of ether oxygens (including phenoxy) is 1. The fourth-order valence-electron chi connectivity index (χ4n) is 2.89. The molecule has 2 N–H and O–H groups in total. The molecule has 1 aliphatic heterocycles. The maximum Gasteiger partial charge on any atom is 0.119 e. The summed E-state index contributed by atoms with van der Waals surface area (Å²) in [6, 6.07) is 9.51. The molecule has 0 spiro atoms. The van der Waals surface area contributed by atoms with E-state index < -0.39 is 0 Å². The minimum absolute atomic E-state index is 0.539. The van der Waals surface area contributed by atoms with E-state index in [9.17, 15) is 0 Å². The molecule has 2 rings (SSSR count). The normalized spacial score (nSPS) is 21.2. The Kier molecular flexibility index (Phi) is 6.34. The topological polar surface area (TPSA) is 33.3 Å². The molecule has 1 heterocycles. The summed E-state index contributed by atoms with van der Waals surface area (Å²) in [5.74, 6) is 0.933. The summed E-state index contributed by atoms with van der Waals surface area (Å²) in [6.45, 7) is 4.38. The molecule has 0 aromatic heterocycles. The van der Waals surface area contributed by atoms with Crippen LogP contribution in [0.4, 0.5) is 0 Å². The van der Waals surface area contributed by atoms with E-state index in [0.29, 0.717) is 12.1 Å². The predicted octanol–water partition coefficient (Wildman–Crippen LogP) is 3.10. The minimum Gasteiger partial charge on any atom is -0.497 e. The molecule has 1 fully saturated rings. The van der Waals surface area contributed by atoms with Crippen LogP contribution < -0.4 is 15.4 Å². The molecule has 1 saturated heterocycles. The molecule has 0 saturated carbocycles. The number of benzene rings is 1. The second-order valence-electron chi connectivity index (χ2n) is 5.87. The van der Waals surface area contributed by atoms with Crippen molar-refractivity contribution in [3.8, 4) is 5.75 Å². The van der Waals surface area contributed by atoms with Crippen molar-refractivity contribution in [3.63, 3.8) is 0 Å². The van der Waals surface area contributed by atoms with Gasteiger partial charge in [-0.2, -0.15) is 0 Å². The van der Waals surface area contributed by atoms with Crippen LogP contribution in [0.25, 0.3) is 0 Å². The van der Waals surface area contributed by atoms with Crippen molar-refractivity contribution in [1.82, 2.24) is 10.6 Å². The zero-order valence-corrected chi connectivity index (χ0v) is 12.8. The van der Waals surface area contributed by atoms with E-state index in [1.54, 1.807) is 7.11 Å². The van der Waals surface area contributed by atoms with Gasteiger partial charge >= 0.3 is 0 Å². The lowest BCUT2D eigenvalue weighted by Crippen LogP contribution is -2.36. The molecule has 0 bridgehead atoms. The maximum atomic E-state index is 5.26. The van der Waals surface area contributed by atoms with Crippen molar-refractivity contribution in [3.05, 3.63) is 29.8 Å². The number of hydrogen-bond donors (Lipinski definition) is 2. The molecule has 0 radical (unpaired) electrons. The average molecular weight is 276 g/mol. The van der Waals surface area contributed by atoms with Crippen molar-refractivity contribution < 1.29 is 4.74 Å². The monoisotopic (exact) mass is 276 g/mol. The lowest BCUT2D eigenvalue weighted by atomic mass is 10.0. The Hall–Kier alpha value is -1.06. The van der Waals surface area contributed by atoms with Crippen LogP contribution in [0.1, 0.15) is 44.6 Å². The lowest BCUT2D eigenvalue weighted by Gasteiger charge is -2.21. The van der Waals surface area contributed by atoms with Gasteiger partial charge in [0, 0.05) is 18.6 Å². The SMILES string of the molecule is COc1cccc(CNC(C)CC2CCCCCN2)c1. The van der Waals surface area contributed by atoms with Crippen molar-refractivity contribution in [2.45, 2.75) is 57.7 Å².